The molecule has 1 amide bonds. The van der Waals surface area contributed by atoms with Crippen molar-refractivity contribution in [3.05, 3.63) is 78.4 Å². The normalized spacial score (nSPS) is 17.1. The van der Waals surface area contributed by atoms with Gasteiger partial charge in [-0.2, -0.15) is 0 Å². The molecule has 1 N–H and O–H groups in total. The molecule has 0 saturated carbocycles. The maximum Gasteiger partial charge on any atom is 0.408 e. The maximum atomic E-state index is 11.8. The van der Waals surface area contributed by atoms with Crippen molar-refractivity contribution in [3.8, 4) is 16.9 Å². The number of aromatic nitrogens is 2. The number of cyclic esters (lactones) is 1. The fourth-order valence-electron chi connectivity index (χ4n) is 4.37. The van der Waals surface area contributed by atoms with E-state index < -0.39 is 0 Å². The van der Waals surface area contributed by atoms with Crippen LogP contribution >= 0.6 is 0 Å². The van der Waals surface area contributed by atoms with Crippen LogP contribution in [0.4, 0.5) is 4.79 Å². The number of hydrogen-bond donors (Lipinski definition) is 1. The average molecular weight is 474 g/mol. The number of ether oxygens (including phenoxy) is 2. The predicted molar refractivity (Wildman–Crippen MR) is 137 cm³/mol. The Bertz CT molecular complexity index is 1040. The minimum atomic E-state index is -0.381. The first-order valence-corrected chi connectivity index (χ1v) is 12.8. The summed E-state index contributed by atoms with van der Waals surface area (Å²) in [5.74, 6) is 1.71. The molecule has 1 fully saturated rings. The summed E-state index contributed by atoms with van der Waals surface area (Å²) in [5, 5.41) is 2.89. The summed E-state index contributed by atoms with van der Waals surface area (Å²) in [5.41, 5.74) is 3.05. The molecule has 6 heteroatoms. The Morgan fingerprint density at radius 1 is 0.886 bits per heavy atom. The van der Waals surface area contributed by atoms with Crippen LogP contribution in [0.25, 0.3) is 11.1 Å². The van der Waals surface area contributed by atoms with Crippen LogP contribution in [0.2, 0.25) is 0 Å². The second-order valence-corrected chi connectivity index (χ2v) is 9.05. The summed E-state index contributed by atoms with van der Waals surface area (Å²) >= 11 is 0. The van der Waals surface area contributed by atoms with Crippen LogP contribution in [-0.4, -0.2) is 28.7 Å². The highest BCUT2D eigenvalue weighted by Gasteiger charge is 2.34. The van der Waals surface area contributed by atoms with Crippen molar-refractivity contribution in [2.24, 2.45) is 0 Å². The van der Waals surface area contributed by atoms with Gasteiger partial charge >= 0.3 is 6.09 Å². The fourth-order valence-corrected chi connectivity index (χ4v) is 4.37. The van der Waals surface area contributed by atoms with Gasteiger partial charge in [0.1, 0.15) is 17.7 Å². The molecule has 0 spiro atoms. The highest BCUT2D eigenvalue weighted by Crippen LogP contribution is 2.28. The van der Waals surface area contributed by atoms with Crippen LogP contribution in [0.3, 0.4) is 0 Å². The van der Waals surface area contributed by atoms with E-state index >= 15 is 0 Å². The van der Waals surface area contributed by atoms with E-state index in [9.17, 15) is 4.79 Å². The number of alkyl carbamates (subject to hydrolysis) is 1. The lowest BCUT2D eigenvalue weighted by molar-refractivity contribution is 0.128. The predicted octanol–water partition coefficient (Wildman–Crippen LogP) is 6.67. The molecule has 2 aromatic carbocycles. The zero-order valence-corrected chi connectivity index (χ0v) is 20.5. The molecule has 4 rings (SSSR count). The van der Waals surface area contributed by atoms with E-state index in [0.29, 0.717) is 13.0 Å². The molecule has 3 aromatic rings. The molecule has 0 aliphatic carbocycles. The molecule has 184 valence electrons. The molecule has 6 nitrogen and oxygen atoms in total. The number of carbonyl (C=O) groups is 1. The summed E-state index contributed by atoms with van der Waals surface area (Å²) < 4.78 is 11.4. The number of unbranched alkanes of at least 4 members (excludes halogenated alkanes) is 5. The zero-order valence-electron chi connectivity index (χ0n) is 20.5. The number of nitrogens with zero attached hydrogens (tertiary/aromatic N) is 2. The summed E-state index contributed by atoms with van der Waals surface area (Å²) in [6.45, 7) is 2.72. The Kier molecular flexibility index (Phi) is 9.10. The van der Waals surface area contributed by atoms with Crippen molar-refractivity contribution < 1.29 is 14.3 Å². The van der Waals surface area contributed by atoms with Crippen molar-refractivity contribution in [2.75, 3.05) is 6.61 Å². The standard InChI is InChI=1S/C29H35N3O3/c1-2-3-4-5-6-10-13-27-30-20-24(21-31-27)22-14-16-25(17-15-22)34-19-18-26-28(35-29(33)32-26)23-11-8-7-9-12-23/h7-9,11-12,14-17,20-21,26,28H,2-6,10,13,18-19H2,1H3,(H,32,33)/t26-,28-/m0/s1. The van der Waals surface area contributed by atoms with E-state index in [0.717, 1.165) is 41.1 Å². The largest absolute Gasteiger partial charge is 0.494 e. The maximum absolute atomic E-state index is 11.8. The highest BCUT2D eigenvalue weighted by molar-refractivity contribution is 5.70. The molecular formula is C29H35N3O3. The lowest BCUT2D eigenvalue weighted by Crippen LogP contribution is -2.29. The van der Waals surface area contributed by atoms with E-state index in [2.05, 4.69) is 22.2 Å². The number of nitrogens with one attached hydrogen (secondary N) is 1. The molecule has 1 aromatic heterocycles. The van der Waals surface area contributed by atoms with Gasteiger partial charge in [-0.3, -0.25) is 0 Å². The van der Waals surface area contributed by atoms with Crippen molar-refractivity contribution in [1.82, 2.24) is 15.3 Å². The Labute approximate surface area is 208 Å². The van der Waals surface area contributed by atoms with Crippen LogP contribution < -0.4 is 10.1 Å². The lowest BCUT2D eigenvalue weighted by atomic mass is 10.0. The van der Waals surface area contributed by atoms with E-state index in [1.165, 1.54) is 32.1 Å². The number of hydrogen-bond acceptors (Lipinski definition) is 5. The van der Waals surface area contributed by atoms with Gasteiger partial charge in [-0.25, -0.2) is 14.8 Å². The van der Waals surface area contributed by atoms with Crippen LogP contribution in [0.5, 0.6) is 5.75 Å². The Morgan fingerprint density at radius 3 is 2.34 bits per heavy atom. The Hall–Kier alpha value is -3.41. The fraction of sp³-hybridized carbons (Fsp3) is 0.414. The summed E-state index contributed by atoms with van der Waals surface area (Å²) in [6.07, 6.45) is 12.4. The molecule has 2 atom stereocenters. The Balaban J connectivity index is 1.23. The molecule has 35 heavy (non-hydrogen) atoms. The number of carbonyl (C=O) groups excluding carboxylic acids is 1. The second-order valence-electron chi connectivity index (χ2n) is 9.05. The Morgan fingerprint density at radius 2 is 1.60 bits per heavy atom. The van der Waals surface area contributed by atoms with Crippen molar-refractivity contribution in [2.45, 2.75) is 70.4 Å². The third-order valence-corrected chi connectivity index (χ3v) is 6.38. The molecule has 1 aliphatic heterocycles. The van der Waals surface area contributed by atoms with Crippen LogP contribution in [0, 0.1) is 0 Å². The van der Waals surface area contributed by atoms with Gasteiger partial charge in [0.05, 0.1) is 12.6 Å². The van der Waals surface area contributed by atoms with E-state index in [1.807, 2.05) is 67.0 Å². The number of rotatable bonds is 13. The van der Waals surface area contributed by atoms with E-state index in [-0.39, 0.29) is 18.2 Å². The zero-order chi connectivity index (χ0) is 24.3. The molecule has 2 heterocycles. The quantitative estimate of drug-likeness (QED) is 0.281. The number of benzene rings is 2. The SMILES string of the molecule is CCCCCCCCc1ncc(-c2ccc(OCC[C@@H]3NC(=O)O[C@H]3c3ccccc3)cc2)cn1. The molecule has 0 radical (unpaired) electrons. The third-order valence-electron chi connectivity index (χ3n) is 6.38. The number of amides is 1. The topological polar surface area (TPSA) is 73.3 Å². The van der Waals surface area contributed by atoms with Crippen molar-refractivity contribution in [1.29, 1.82) is 0 Å². The molecular weight excluding hydrogens is 438 g/mol. The molecule has 1 saturated heterocycles. The van der Waals surface area contributed by atoms with Crippen molar-refractivity contribution in [3.63, 3.8) is 0 Å². The van der Waals surface area contributed by atoms with Gasteiger partial charge in [0.25, 0.3) is 0 Å². The van der Waals surface area contributed by atoms with Gasteiger partial charge in [-0.15, -0.1) is 0 Å². The molecule has 1 aliphatic rings. The van der Waals surface area contributed by atoms with Gasteiger partial charge < -0.3 is 14.8 Å². The van der Waals surface area contributed by atoms with E-state index in [1.54, 1.807) is 0 Å². The van der Waals surface area contributed by atoms with Crippen LogP contribution in [0.15, 0.2) is 67.0 Å². The van der Waals surface area contributed by atoms with Crippen molar-refractivity contribution >= 4 is 6.09 Å². The smallest absolute Gasteiger partial charge is 0.408 e. The summed E-state index contributed by atoms with van der Waals surface area (Å²) in [4.78, 5) is 20.9. The minimum absolute atomic E-state index is 0.115. The summed E-state index contributed by atoms with van der Waals surface area (Å²) in [7, 11) is 0. The monoisotopic (exact) mass is 473 g/mol. The molecule has 0 bridgehead atoms. The number of aryl methyl sites for hydroxylation is 1. The average Bonchev–Trinajstić information content (AvgIpc) is 3.28. The van der Waals surface area contributed by atoms with Gasteiger partial charge in [-0.1, -0.05) is 81.5 Å². The second kappa shape index (κ2) is 12.9. The third kappa shape index (κ3) is 7.28. The van der Waals surface area contributed by atoms with E-state index in [4.69, 9.17) is 9.47 Å². The van der Waals surface area contributed by atoms with Gasteiger partial charge in [0, 0.05) is 30.8 Å². The molecule has 0 unspecified atom stereocenters. The van der Waals surface area contributed by atoms with Crippen LogP contribution in [0.1, 0.15) is 69.4 Å². The minimum Gasteiger partial charge on any atom is -0.494 e. The summed E-state index contributed by atoms with van der Waals surface area (Å²) in [6, 6.07) is 17.6. The highest BCUT2D eigenvalue weighted by atomic mass is 16.6. The first-order chi connectivity index (χ1) is 17.2. The van der Waals surface area contributed by atoms with Gasteiger partial charge in [0.15, 0.2) is 0 Å². The van der Waals surface area contributed by atoms with Crippen LogP contribution in [-0.2, 0) is 11.2 Å². The lowest BCUT2D eigenvalue weighted by Gasteiger charge is -2.17. The first kappa shape index (κ1) is 24.7. The van der Waals surface area contributed by atoms with Gasteiger partial charge in [0.2, 0.25) is 0 Å². The van der Waals surface area contributed by atoms with Gasteiger partial charge in [-0.05, 0) is 29.7 Å². The first-order valence-electron chi connectivity index (χ1n) is 12.8.